The van der Waals surface area contributed by atoms with Crippen LogP contribution in [0.2, 0.25) is 0 Å². The van der Waals surface area contributed by atoms with Gasteiger partial charge in [0.05, 0.1) is 0 Å². The Morgan fingerprint density at radius 2 is 1.44 bits per heavy atom. The number of nitrogens with two attached hydrogens (primary N) is 2. The van der Waals surface area contributed by atoms with Gasteiger partial charge in [0.15, 0.2) is 11.7 Å². The van der Waals surface area contributed by atoms with E-state index in [1.54, 1.807) is 0 Å². The van der Waals surface area contributed by atoms with Crippen molar-refractivity contribution in [2.45, 2.75) is 25.8 Å². The quantitative estimate of drug-likeness (QED) is 0.623. The molecule has 0 unspecified atom stereocenters. The first-order valence-corrected chi connectivity index (χ1v) is 9.33. The van der Waals surface area contributed by atoms with E-state index in [1.807, 2.05) is 36.4 Å². The number of likely N-dealkylation sites (tertiary alicyclic amines) is 1. The highest BCUT2D eigenvalue weighted by atomic mass is 15.5. The topological polar surface area (TPSA) is 104 Å². The molecule has 27 heavy (non-hydrogen) atoms. The van der Waals surface area contributed by atoms with E-state index in [9.17, 15) is 0 Å². The summed E-state index contributed by atoms with van der Waals surface area (Å²) in [4.78, 5) is 2.46. The van der Waals surface area contributed by atoms with Crippen LogP contribution < -0.4 is 22.3 Å². The molecule has 1 fully saturated rings. The maximum absolute atomic E-state index is 6.21. The normalized spacial score (nSPS) is 17.5. The highest BCUT2D eigenvalue weighted by Crippen LogP contribution is 2.20. The second kappa shape index (κ2) is 7.67. The van der Waals surface area contributed by atoms with E-state index in [0.29, 0.717) is 11.7 Å². The van der Waals surface area contributed by atoms with E-state index in [-0.39, 0.29) is 0 Å². The minimum atomic E-state index is 0.655. The van der Waals surface area contributed by atoms with Crippen molar-refractivity contribution in [2.75, 3.05) is 24.6 Å². The lowest BCUT2D eigenvalue weighted by molar-refractivity contribution is 0.221. The zero-order valence-electron chi connectivity index (χ0n) is 15.3. The van der Waals surface area contributed by atoms with Crippen LogP contribution in [0.15, 0.2) is 52.7 Å². The standard InChI is InChI=1S/C20H25N7/c21-17-7-4-14(5-8-17)19-23-25-20(26-24-19)15-6-9-18(22)16(12-15)13-27-10-2-1-3-11-27/h4-9,12H,1-3,10-11,13,21-22H2,(H,23,24)(H,25,26). The molecule has 0 radical (unpaired) electrons. The van der Waals surface area contributed by atoms with E-state index in [2.05, 4.69) is 32.0 Å². The highest BCUT2D eigenvalue weighted by Gasteiger charge is 2.15. The lowest BCUT2D eigenvalue weighted by Crippen LogP contribution is -2.34. The molecule has 140 valence electrons. The van der Waals surface area contributed by atoms with E-state index in [0.717, 1.165) is 47.7 Å². The minimum Gasteiger partial charge on any atom is -0.399 e. The zero-order valence-corrected chi connectivity index (χ0v) is 15.3. The van der Waals surface area contributed by atoms with Crippen LogP contribution in [-0.4, -0.2) is 29.7 Å². The van der Waals surface area contributed by atoms with Gasteiger partial charge in [-0.15, -0.1) is 0 Å². The Morgan fingerprint density at radius 1 is 0.815 bits per heavy atom. The molecule has 2 aliphatic heterocycles. The molecular formula is C20H25N7. The molecular weight excluding hydrogens is 338 g/mol. The SMILES string of the molecule is Nc1ccc(C2=NNC(c3ccc(N)c(CN4CCCCC4)c3)=NN2)cc1. The smallest absolute Gasteiger partial charge is 0.173 e. The van der Waals surface area contributed by atoms with Crippen LogP contribution in [0, 0.1) is 0 Å². The molecule has 7 nitrogen and oxygen atoms in total. The fourth-order valence-electron chi connectivity index (χ4n) is 3.42. The van der Waals surface area contributed by atoms with Crippen molar-refractivity contribution in [3.8, 4) is 0 Å². The average Bonchev–Trinajstić information content (AvgIpc) is 2.71. The maximum Gasteiger partial charge on any atom is 0.173 e. The predicted octanol–water partition coefficient (Wildman–Crippen LogP) is 2.05. The van der Waals surface area contributed by atoms with Crippen LogP contribution in [-0.2, 0) is 6.54 Å². The maximum atomic E-state index is 6.21. The van der Waals surface area contributed by atoms with Gasteiger partial charge in [-0.1, -0.05) is 6.42 Å². The molecule has 2 heterocycles. The molecule has 0 aliphatic carbocycles. The second-order valence-electron chi connectivity index (χ2n) is 7.02. The number of nitrogens with zero attached hydrogens (tertiary/aromatic N) is 3. The summed E-state index contributed by atoms with van der Waals surface area (Å²) in [5, 5.41) is 8.83. The van der Waals surface area contributed by atoms with Gasteiger partial charge in [0.2, 0.25) is 0 Å². The summed E-state index contributed by atoms with van der Waals surface area (Å²) in [5.41, 5.74) is 22.5. The molecule has 7 heteroatoms. The van der Waals surface area contributed by atoms with Crippen molar-refractivity contribution < 1.29 is 0 Å². The fraction of sp³-hybridized carbons (Fsp3) is 0.300. The fourth-order valence-corrected chi connectivity index (χ4v) is 3.42. The van der Waals surface area contributed by atoms with Crippen LogP contribution in [0.4, 0.5) is 11.4 Å². The van der Waals surface area contributed by atoms with Crippen LogP contribution in [0.3, 0.4) is 0 Å². The van der Waals surface area contributed by atoms with Gasteiger partial charge < -0.3 is 11.5 Å². The number of amidine groups is 2. The van der Waals surface area contributed by atoms with Gasteiger partial charge in [-0.25, -0.2) is 0 Å². The first-order chi connectivity index (χ1) is 13.2. The monoisotopic (exact) mass is 363 g/mol. The van der Waals surface area contributed by atoms with Crippen LogP contribution in [0.1, 0.15) is 36.0 Å². The molecule has 0 aromatic heterocycles. The zero-order chi connectivity index (χ0) is 18.6. The Bertz CT molecular complexity index is 864. The van der Waals surface area contributed by atoms with Crippen molar-refractivity contribution in [2.24, 2.45) is 10.2 Å². The average molecular weight is 363 g/mol. The van der Waals surface area contributed by atoms with Crippen LogP contribution >= 0.6 is 0 Å². The first-order valence-electron chi connectivity index (χ1n) is 9.33. The van der Waals surface area contributed by atoms with E-state index >= 15 is 0 Å². The van der Waals surface area contributed by atoms with Crippen molar-refractivity contribution in [1.29, 1.82) is 0 Å². The Morgan fingerprint density at radius 3 is 2.11 bits per heavy atom. The number of hydrazone groups is 2. The third-order valence-corrected chi connectivity index (χ3v) is 4.99. The van der Waals surface area contributed by atoms with Gasteiger partial charge in [0.1, 0.15) is 0 Å². The molecule has 1 saturated heterocycles. The number of hydrogen-bond donors (Lipinski definition) is 4. The Balaban J connectivity index is 1.47. The Hall–Kier alpha value is -3.06. The van der Waals surface area contributed by atoms with Crippen molar-refractivity contribution >= 4 is 23.0 Å². The molecule has 4 rings (SSSR count). The summed E-state index contributed by atoms with van der Waals surface area (Å²) in [5.74, 6) is 1.33. The molecule has 0 atom stereocenters. The van der Waals surface area contributed by atoms with E-state index < -0.39 is 0 Å². The van der Waals surface area contributed by atoms with Gasteiger partial charge in [-0.2, -0.15) is 10.2 Å². The number of nitrogen functional groups attached to an aromatic ring is 2. The van der Waals surface area contributed by atoms with Gasteiger partial charge in [-0.05, 0) is 74.0 Å². The largest absolute Gasteiger partial charge is 0.399 e. The number of nitrogens with one attached hydrogen (secondary N) is 2. The molecule has 6 N–H and O–H groups in total. The van der Waals surface area contributed by atoms with Crippen LogP contribution in [0.25, 0.3) is 0 Å². The van der Waals surface area contributed by atoms with Crippen molar-refractivity contribution in [3.05, 3.63) is 59.2 Å². The molecule has 0 spiro atoms. The molecule has 2 aromatic rings. The Labute approximate surface area is 159 Å². The number of anilines is 2. The highest BCUT2D eigenvalue weighted by molar-refractivity contribution is 6.06. The number of rotatable bonds is 4. The second-order valence-corrected chi connectivity index (χ2v) is 7.02. The lowest BCUT2D eigenvalue weighted by atomic mass is 10.1. The summed E-state index contributed by atoms with van der Waals surface area (Å²) < 4.78 is 0. The van der Waals surface area contributed by atoms with E-state index in [1.165, 1.54) is 19.3 Å². The summed E-state index contributed by atoms with van der Waals surface area (Å²) in [6.07, 6.45) is 3.85. The van der Waals surface area contributed by atoms with Gasteiger partial charge in [0, 0.05) is 29.0 Å². The van der Waals surface area contributed by atoms with Crippen LogP contribution in [0.5, 0.6) is 0 Å². The van der Waals surface area contributed by atoms with E-state index in [4.69, 9.17) is 11.5 Å². The predicted molar refractivity (Wildman–Crippen MR) is 110 cm³/mol. The molecule has 0 amide bonds. The Kier molecular flexibility index (Phi) is 4.93. The molecule has 0 bridgehead atoms. The minimum absolute atomic E-state index is 0.655. The van der Waals surface area contributed by atoms with Gasteiger partial charge >= 0.3 is 0 Å². The number of piperidine rings is 1. The van der Waals surface area contributed by atoms with Crippen molar-refractivity contribution in [3.63, 3.8) is 0 Å². The van der Waals surface area contributed by atoms with Gasteiger partial charge in [-0.3, -0.25) is 15.8 Å². The summed E-state index contributed by atoms with van der Waals surface area (Å²) in [6.45, 7) is 3.15. The molecule has 2 aromatic carbocycles. The molecule has 2 aliphatic rings. The summed E-state index contributed by atoms with van der Waals surface area (Å²) in [6, 6.07) is 13.5. The van der Waals surface area contributed by atoms with Crippen molar-refractivity contribution in [1.82, 2.24) is 15.8 Å². The molecule has 0 saturated carbocycles. The first kappa shape index (κ1) is 17.4. The summed E-state index contributed by atoms with van der Waals surface area (Å²) in [7, 11) is 0. The lowest BCUT2D eigenvalue weighted by Gasteiger charge is -2.27. The number of benzene rings is 2. The third-order valence-electron chi connectivity index (χ3n) is 4.99. The van der Waals surface area contributed by atoms with Gasteiger partial charge in [0.25, 0.3) is 0 Å². The summed E-state index contributed by atoms with van der Waals surface area (Å²) >= 11 is 0. The third kappa shape index (κ3) is 4.03. The number of hydrogen-bond acceptors (Lipinski definition) is 7.